The second-order valence-corrected chi connectivity index (χ2v) is 4.79. The summed E-state index contributed by atoms with van der Waals surface area (Å²) in [6.45, 7) is 5.10. The summed E-state index contributed by atoms with van der Waals surface area (Å²) in [5.41, 5.74) is 0. The van der Waals surface area contributed by atoms with Gasteiger partial charge >= 0.3 is 7.82 Å². The molecule has 0 aromatic heterocycles. The van der Waals surface area contributed by atoms with Crippen LogP contribution in [-0.2, 0) is 23.1 Å². The molecule has 7 heteroatoms. The van der Waals surface area contributed by atoms with Gasteiger partial charge in [-0.05, 0) is 13.8 Å². The molecule has 6 nitrogen and oxygen atoms in total. The van der Waals surface area contributed by atoms with Gasteiger partial charge in [-0.1, -0.05) is 0 Å². The topological polar surface area (TPSA) is 74.2 Å². The highest BCUT2D eigenvalue weighted by Gasteiger charge is 2.35. The van der Waals surface area contributed by atoms with Crippen molar-refractivity contribution >= 4 is 7.82 Å². The molecule has 0 aromatic rings. The largest absolute Gasteiger partial charge is 0.472 e. The first-order valence-electron chi connectivity index (χ1n) is 5.44. The third-order valence-electron chi connectivity index (χ3n) is 2.20. The molecule has 0 radical (unpaired) electrons. The summed E-state index contributed by atoms with van der Waals surface area (Å²) in [6, 6.07) is 0. The minimum absolute atomic E-state index is 0.136. The number of hydrogen-bond acceptors (Lipinski definition) is 5. The van der Waals surface area contributed by atoms with Gasteiger partial charge in [-0.25, -0.2) is 4.57 Å². The van der Waals surface area contributed by atoms with Crippen LogP contribution < -0.4 is 0 Å². The lowest BCUT2D eigenvalue weighted by Crippen LogP contribution is -2.28. The molecule has 0 bridgehead atoms. The average molecular weight is 254 g/mol. The van der Waals surface area contributed by atoms with E-state index in [2.05, 4.69) is 4.52 Å². The van der Waals surface area contributed by atoms with Crippen molar-refractivity contribution in [2.75, 3.05) is 26.4 Å². The molecule has 1 rings (SSSR count). The Balaban J connectivity index is 2.42. The molecule has 1 N–H and O–H groups in total. The van der Waals surface area contributed by atoms with Crippen molar-refractivity contribution < 1.29 is 28.0 Å². The standard InChI is InChI=1S/C9H19O6P/c1-3-12-7-9-8(5-6-13-9)15-16(10,11)14-4-2/h8-9H,3-7H2,1-2H3,(H,10,11)/t8-,9+/m0/s1. The monoisotopic (exact) mass is 254 g/mol. The quantitative estimate of drug-likeness (QED) is 0.691. The molecular formula is C9H19O6P. The molecule has 1 unspecified atom stereocenters. The lowest BCUT2D eigenvalue weighted by molar-refractivity contribution is -0.0228. The minimum atomic E-state index is -3.95. The van der Waals surface area contributed by atoms with Crippen molar-refractivity contribution in [3.63, 3.8) is 0 Å². The first-order valence-corrected chi connectivity index (χ1v) is 6.93. The Morgan fingerprint density at radius 3 is 2.81 bits per heavy atom. The Morgan fingerprint density at radius 2 is 2.19 bits per heavy atom. The SMILES string of the molecule is CCOC[C@H]1OCC[C@@H]1OP(=O)(O)OCC. The van der Waals surface area contributed by atoms with Gasteiger partial charge < -0.3 is 14.4 Å². The van der Waals surface area contributed by atoms with E-state index in [0.717, 1.165) is 0 Å². The van der Waals surface area contributed by atoms with Crippen LogP contribution in [0.15, 0.2) is 0 Å². The zero-order chi connectivity index (χ0) is 12.0. The highest BCUT2D eigenvalue weighted by Crippen LogP contribution is 2.46. The summed E-state index contributed by atoms with van der Waals surface area (Å²) in [7, 11) is -3.95. The molecule has 0 saturated carbocycles. The summed E-state index contributed by atoms with van der Waals surface area (Å²) >= 11 is 0. The van der Waals surface area contributed by atoms with Crippen molar-refractivity contribution in [2.24, 2.45) is 0 Å². The maximum atomic E-state index is 11.4. The second-order valence-electron chi connectivity index (χ2n) is 3.39. The molecule has 1 fully saturated rings. The number of hydrogen-bond donors (Lipinski definition) is 1. The van der Waals surface area contributed by atoms with E-state index in [9.17, 15) is 9.46 Å². The van der Waals surface area contributed by atoms with E-state index in [-0.39, 0.29) is 12.7 Å². The Morgan fingerprint density at radius 1 is 1.44 bits per heavy atom. The highest BCUT2D eigenvalue weighted by atomic mass is 31.2. The van der Waals surface area contributed by atoms with Crippen molar-refractivity contribution in [1.29, 1.82) is 0 Å². The highest BCUT2D eigenvalue weighted by molar-refractivity contribution is 7.47. The van der Waals surface area contributed by atoms with Crippen LogP contribution in [0, 0.1) is 0 Å². The van der Waals surface area contributed by atoms with Gasteiger partial charge in [0.1, 0.15) is 12.2 Å². The van der Waals surface area contributed by atoms with E-state index in [1.165, 1.54) is 0 Å². The summed E-state index contributed by atoms with van der Waals surface area (Å²) in [5, 5.41) is 0. The predicted octanol–water partition coefficient (Wildman–Crippen LogP) is 1.33. The number of rotatable bonds is 7. The van der Waals surface area contributed by atoms with Gasteiger partial charge in [-0.15, -0.1) is 0 Å². The van der Waals surface area contributed by atoms with E-state index < -0.39 is 13.9 Å². The minimum Gasteiger partial charge on any atom is -0.379 e. The van der Waals surface area contributed by atoms with Crippen LogP contribution in [0.5, 0.6) is 0 Å². The summed E-state index contributed by atoms with van der Waals surface area (Å²) < 4.78 is 31.6. The van der Waals surface area contributed by atoms with E-state index in [4.69, 9.17) is 14.0 Å². The predicted molar refractivity (Wildman–Crippen MR) is 57.2 cm³/mol. The Labute approximate surface area is 95.5 Å². The van der Waals surface area contributed by atoms with Gasteiger partial charge in [0.2, 0.25) is 0 Å². The fourth-order valence-corrected chi connectivity index (χ4v) is 2.47. The molecule has 1 aliphatic rings. The fraction of sp³-hybridized carbons (Fsp3) is 1.00. The third kappa shape index (κ3) is 4.49. The van der Waals surface area contributed by atoms with Crippen LogP contribution in [0.2, 0.25) is 0 Å². The van der Waals surface area contributed by atoms with Crippen molar-refractivity contribution in [3.8, 4) is 0 Å². The second kappa shape index (κ2) is 6.69. The molecular weight excluding hydrogens is 235 g/mol. The zero-order valence-corrected chi connectivity index (χ0v) is 10.5. The molecule has 96 valence electrons. The number of ether oxygens (including phenoxy) is 2. The Kier molecular flexibility index (Phi) is 5.89. The summed E-state index contributed by atoms with van der Waals surface area (Å²) in [6.07, 6.45) is -0.148. The zero-order valence-electron chi connectivity index (χ0n) is 9.63. The third-order valence-corrected chi connectivity index (χ3v) is 3.32. The van der Waals surface area contributed by atoms with Crippen LogP contribution in [0.4, 0.5) is 0 Å². The molecule has 0 aromatic carbocycles. The molecule has 1 heterocycles. The lowest BCUT2D eigenvalue weighted by Gasteiger charge is -2.20. The van der Waals surface area contributed by atoms with Gasteiger partial charge in [-0.2, -0.15) is 0 Å². The van der Waals surface area contributed by atoms with E-state index in [1.54, 1.807) is 6.92 Å². The summed E-state index contributed by atoms with van der Waals surface area (Å²) in [4.78, 5) is 9.33. The van der Waals surface area contributed by atoms with Crippen molar-refractivity contribution in [2.45, 2.75) is 32.5 Å². The fourth-order valence-electron chi connectivity index (χ4n) is 1.50. The van der Waals surface area contributed by atoms with Gasteiger partial charge in [0.15, 0.2) is 0 Å². The van der Waals surface area contributed by atoms with E-state index in [1.807, 2.05) is 6.92 Å². The molecule has 0 aliphatic carbocycles. The van der Waals surface area contributed by atoms with Crippen LogP contribution in [0.1, 0.15) is 20.3 Å². The van der Waals surface area contributed by atoms with E-state index >= 15 is 0 Å². The number of phosphoric acid groups is 1. The van der Waals surface area contributed by atoms with Crippen LogP contribution in [-0.4, -0.2) is 43.5 Å². The van der Waals surface area contributed by atoms with Gasteiger partial charge in [0.05, 0.1) is 13.2 Å². The normalized spacial score (nSPS) is 29.2. The van der Waals surface area contributed by atoms with Crippen LogP contribution in [0.3, 0.4) is 0 Å². The molecule has 0 amide bonds. The molecule has 3 atom stereocenters. The number of phosphoric ester groups is 1. The van der Waals surface area contributed by atoms with E-state index in [0.29, 0.717) is 26.2 Å². The van der Waals surface area contributed by atoms with Crippen LogP contribution >= 0.6 is 7.82 Å². The maximum Gasteiger partial charge on any atom is 0.472 e. The van der Waals surface area contributed by atoms with Gasteiger partial charge in [-0.3, -0.25) is 9.05 Å². The van der Waals surface area contributed by atoms with Crippen molar-refractivity contribution in [3.05, 3.63) is 0 Å². The molecule has 1 saturated heterocycles. The maximum absolute atomic E-state index is 11.4. The molecule has 16 heavy (non-hydrogen) atoms. The Bertz CT molecular complexity index is 246. The first kappa shape index (κ1) is 14.1. The van der Waals surface area contributed by atoms with Gasteiger partial charge in [0, 0.05) is 19.6 Å². The summed E-state index contributed by atoms with van der Waals surface area (Å²) in [5.74, 6) is 0. The average Bonchev–Trinajstić information content (AvgIpc) is 2.61. The first-order chi connectivity index (χ1) is 7.59. The Hall–Kier alpha value is 0.0300. The van der Waals surface area contributed by atoms with Crippen LogP contribution in [0.25, 0.3) is 0 Å². The van der Waals surface area contributed by atoms with Gasteiger partial charge in [0.25, 0.3) is 0 Å². The smallest absolute Gasteiger partial charge is 0.379 e. The lowest BCUT2D eigenvalue weighted by atomic mass is 10.2. The molecule has 1 aliphatic heterocycles. The van der Waals surface area contributed by atoms with Crippen molar-refractivity contribution in [1.82, 2.24) is 0 Å². The molecule has 0 spiro atoms.